The van der Waals surface area contributed by atoms with E-state index < -0.39 is 0 Å². The molecule has 0 aromatic rings. The van der Waals surface area contributed by atoms with Gasteiger partial charge in [0.25, 0.3) is 0 Å². The molecular formula is C20H34O3. The highest BCUT2D eigenvalue weighted by atomic mass is 16.5. The molecule has 0 radical (unpaired) electrons. The minimum Gasteiger partial charge on any atom is -0.378 e. The molecule has 23 heavy (non-hydrogen) atoms. The zero-order chi connectivity index (χ0) is 16.3. The lowest BCUT2D eigenvalue weighted by atomic mass is 9.44. The average Bonchev–Trinajstić information content (AvgIpc) is 2.60. The molecule has 3 saturated carbocycles. The van der Waals surface area contributed by atoms with Gasteiger partial charge in [-0.15, -0.1) is 0 Å². The van der Waals surface area contributed by atoms with Crippen LogP contribution in [-0.4, -0.2) is 31.2 Å². The van der Waals surface area contributed by atoms with Gasteiger partial charge in [-0.25, -0.2) is 0 Å². The third kappa shape index (κ3) is 3.37. The van der Waals surface area contributed by atoms with Crippen molar-refractivity contribution in [1.29, 1.82) is 0 Å². The summed E-state index contributed by atoms with van der Waals surface area (Å²) in [5.41, 5.74) is 0.0619. The Kier molecular flexibility index (Phi) is 5.47. The van der Waals surface area contributed by atoms with Gasteiger partial charge >= 0.3 is 0 Å². The topological polar surface area (TPSA) is 35.5 Å². The normalized spacial score (nSPS) is 40.5. The monoisotopic (exact) mass is 322 g/mol. The van der Waals surface area contributed by atoms with Gasteiger partial charge in [0.2, 0.25) is 0 Å². The van der Waals surface area contributed by atoms with E-state index in [-0.39, 0.29) is 10.8 Å². The van der Waals surface area contributed by atoms with Gasteiger partial charge in [0.15, 0.2) is 0 Å². The molecule has 3 fully saturated rings. The van der Waals surface area contributed by atoms with Crippen LogP contribution in [0.5, 0.6) is 0 Å². The first-order chi connectivity index (χ1) is 11.1. The molecule has 0 N–H and O–H groups in total. The molecule has 3 aliphatic rings. The summed E-state index contributed by atoms with van der Waals surface area (Å²) < 4.78 is 11.8. The summed E-state index contributed by atoms with van der Waals surface area (Å²) in [6.07, 6.45) is 12.8. The van der Waals surface area contributed by atoms with Crippen molar-refractivity contribution < 1.29 is 14.3 Å². The number of carbonyl (C=O) groups is 1. The van der Waals surface area contributed by atoms with Crippen LogP contribution in [0.1, 0.15) is 84.5 Å². The second-order valence-electron chi connectivity index (χ2n) is 8.21. The second-order valence-corrected chi connectivity index (χ2v) is 8.21. The fourth-order valence-corrected chi connectivity index (χ4v) is 5.26. The molecular weight excluding hydrogens is 288 g/mol. The first-order valence-electron chi connectivity index (χ1n) is 9.92. The lowest BCUT2D eigenvalue weighted by molar-refractivity contribution is -0.173. The van der Waals surface area contributed by atoms with Gasteiger partial charge in [0.05, 0.1) is 12.2 Å². The Morgan fingerprint density at radius 3 is 1.52 bits per heavy atom. The van der Waals surface area contributed by atoms with Crippen molar-refractivity contribution in [3.05, 3.63) is 0 Å². The molecule has 0 bridgehead atoms. The van der Waals surface area contributed by atoms with Gasteiger partial charge in [-0.2, -0.15) is 0 Å². The SMILES string of the molecule is CCCOC1CC[C@]2(CC1)C[C@@]1(CCC(OCCC)CC1)C2=O. The molecule has 0 atom stereocenters. The molecule has 3 rings (SSSR count). The maximum absolute atomic E-state index is 13.1. The van der Waals surface area contributed by atoms with Crippen molar-refractivity contribution in [3.8, 4) is 0 Å². The van der Waals surface area contributed by atoms with Crippen LogP contribution in [0.15, 0.2) is 0 Å². The fourth-order valence-electron chi connectivity index (χ4n) is 5.26. The molecule has 0 unspecified atom stereocenters. The quantitative estimate of drug-likeness (QED) is 0.713. The summed E-state index contributed by atoms with van der Waals surface area (Å²) in [4.78, 5) is 13.1. The highest BCUT2D eigenvalue weighted by Crippen LogP contribution is 2.63. The molecule has 0 amide bonds. The Morgan fingerprint density at radius 2 is 1.22 bits per heavy atom. The number of carbonyl (C=O) groups excluding carboxylic acids is 1. The molecule has 3 nitrogen and oxygen atoms in total. The molecule has 0 aromatic heterocycles. The Labute approximate surface area is 141 Å². The summed E-state index contributed by atoms with van der Waals surface area (Å²) in [5, 5.41) is 0. The number of ketones is 1. The summed E-state index contributed by atoms with van der Waals surface area (Å²) in [6.45, 7) is 6.05. The standard InChI is InChI=1S/C20H34O3/c1-3-13-22-16-5-9-19(10-6-16)15-20(18(19)21)11-7-17(8-12-20)23-14-4-2/h16-17H,3-15H2,1-2H3/t16?,17?,19-,20-. The minimum atomic E-state index is 0.0309. The van der Waals surface area contributed by atoms with E-state index in [0.29, 0.717) is 18.0 Å². The molecule has 0 aliphatic heterocycles. The lowest BCUT2D eigenvalue weighted by Crippen LogP contribution is -2.60. The van der Waals surface area contributed by atoms with E-state index in [9.17, 15) is 4.79 Å². The van der Waals surface area contributed by atoms with Crippen LogP contribution >= 0.6 is 0 Å². The van der Waals surface area contributed by atoms with Crippen LogP contribution in [0.3, 0.4) is 0 Å². The highest BCUT2D eigenvalue weighted by molar-refractivity contribution is 5.96. The minimum absolute atomic E-state index is 0.0309. The van der Waals surface area contributed by atoms with E-state index in [0.717, 1.165) is 83.8 Å². The van der Waals surface area contributed by atoms with E-state index in [2.05, 4.69) is 13.8 Å². The van der Waals surface area contributed by atoms with Crippen LogP contribution in [-0.2, 0) is 14.3 Å². The molecule has 0 saturated heterocycles. The van der Waals surface area contributed by atoms with Gasteiger partial charge in [0, 0.05) is 24.0 Å². The lowest BCUT2D eigenvalue weighted by Gasteiger charge is -2.59. The van der Waals surface area contributed by atoms with E-state index >= 15 is 0 Å². The van der Waals surface area contributed by atoms with E-state index in [4.69, 9.17) is 9.47 Å². The van der Waals surface area contributed by atoms with Gasteiger partial charge in [-0.1, -0.05) is 13.8 Å². The Bertz CT molecular complexity index is 365. The van der Waals surface area contributed by atoms with E-state index in [1.165, 1.54) is 0 Å². The third-order valence-electron chi connectivity index (χ3n) is 6.53. The molecule has 3 heteroatoms. The Balaban J connectivity index is 1.47. The van der Waals surface area contributed by atoms with Crippen molar-refractivity contribution in [3.63, 3.8) is 0 Å². The van der Waals surface area contributed by atoms with Crippen LogP contribution in [0.4, 0.5) is 0 Å². The second kappa shape index (κ2) is 7.23. The summed E-state index contributed by atoms with van der Waals surface area (Å²) in [6, 6.07) is 0. The number of rotatable bonds is 6. The van der Waals surface area contributed by atoms with Gasteiger partial charge in [-0.3, -0.25) is 4.79 Å². The molecule has 132 valence electrons. The van der Waals surface area contributed by atoms with Crippen molar-refractivity contribution in [2.45, 2.75) is 96.7 Å². The number of Topliss-reactive ketones (excluding diaryl/α,β-unsaturated/α-hetero) is 1. The summed E-state index contributed by atoms with van der Waals surface area (Å²) in [7, 11) is 0. The fraction of sp³-hybridized carbons (Fsp3) is 0.950. The van der Waals surface area contributed by atoms with Crippen molar-refractivity contribution in [2.24, 2.45) is 10.8 Å². The molecule has 0 heterocycles. The smallest absolute Gasteiger partial charge is 0.145 e. The van der Waals surface area contributed by atoms with Gasteiger partial charge < -0.3 is 9.47 Å². The van der Waals surface area contributed by atoms with Crippen LogP contribution in [0, 0.1) is 10.8 Å². The van der Waals surface area contributed by atoms with Gasteiger partial charge in [0.1, 0.15) is 5.78 Å². The number of ether oxygens (including phenoxy) is 2. The Hall–Kier alpha value is -0.410. The first kappa shape index (κ1) is 17.4. The average molecular weight is 322 g/mol. The van der Waals surface area contributed by atoms with E-state index in [1.807, 2.05) is 0 Å². The zero-order valence-electron chi connectivity index (χ0n) is 15.1. The number of hydrogen-bond acceptors (Lipinski definition) is 3. The van der Waals surface area contributed by atoms with Crippen LogP contribution in [0.2, 0.25) is 0 Å². The highest BCUT2D eigenvalue weighted by Gasteiger charge is 2.63. The first-order valence-corrected chi connectivity index (χ1v) is 9.92. The van der Waals surface area contributed by atoms with Gasteiger partial charge in [-0.05, 0) is 70.6 Å². The van der Waals surface area contributed by atoms with Crippen LogP contribution < -0.4 is 0 Å². The predicted molar refractivity (Wildman–Crippen MR) is 91.5 cm³/mol. The maximum atomic E-state index is 13.1. The van der Waals surface area contributed by atoms with E-state index in [1.54, 1.807) is 0 Å². The van der Waals surface area contributed by atoms with Crippen molar-refractivity contribution in [2.75, 3.05) is 13.2 Å². The Morgan fingerprint density at radius 1 is 0.826 bits per heavy atom. The summed E-state index contributed by atoms with van der Waals surface area (Å²) >= 11 is 0. The largest absolute Gasteiger partial charge is 0.378 e. The molecule has 0 aromatic carbocycles. The van der Waals surface area contributed by atoms with Crippen LogP contribution in [0.25, 0.3) is 0 Å². The summed E-state index contributed by atoms with van der Waals surface area (Å²) in [5.74, 6) is 0.605. The molecule has 2 spiro atoms. The predicted octanol–water partition coefficient (Wildman–Crippen LogP) is 4.67. The maximum Gasteiger partial charge on any atom is 0.145 e. The van der Waals surface area contributed by atoms with Crippen molar-refractivity contribution in [1.82, 2.24) is 0 Å². The third-order valence-corrected chi connectivity index (χ3v) is 6.53. The van der Waals surface area contributed by atoms with Crippen molar-refractivity contribution >= 4 is 5.78 Å². The molecule has 3 aliphatic carbocycles. The number of hydrogen-bond donors (Lipinski definition) is 0. The zero-order valence-corrected chi connectivity index (χ0v) is 15.1.